The molecule has 0 aliphatic carbocycles. The first-order chi connectivity index (χ1) is 14.5. The SMILES string of the molecule is COc1cc(/C=N\NC(N)=S)ccc1OCc1cn(CC(=O)c2ccccc2)nn1. The molecule has 154 valence electrons. The van der Waals surface area contributed by atoms with Crippen molar-refractivity contribution in [2.45, 2.75) is 13.2 Å². The number of nitrogens with zero attached hydrogens (tertiary/aromatic N) is 4. The van der Waals surface area contributed by atoms with Crippen molar-refractivity contribution in [1.29, 1.82) is 0 Å². The maximum atomic E-state index is 12.3. The topological polar surface area (TPSA) is 117 Å². The second kappa shape index (κ2) is 10.1. The van der Waals surface area contributed by atoms with Gasteiger partial charge in [-0.1, -0.05) is 35.5 Å². The molecule has 30 heavy (non-hydrogen) atoms. The quantitative estimate of drug-likeness (QED) is 0.232. The lowest BCUT2D eigenvalue weighted by atomic mass is 10.1. The molecule has 1 aromatic heterocycles. The Hall–Kier alpha value is -3.79. The van der Waals surface area contributed by atoms with Gasteiger partial charge in [0, 0.05) is 5.56 Å². The number of carbonyl (C=O) groups is 1. The second-order valence-electron chi connectivity index (χ2n) is 6.13. The first-order valence-electron chi connectivity index (χ1n) is 8.92. The minimum absolute atomic E-state index is 0.0446. The number of aromatic nitrogens is 3. The van der Waals surface area contributed by atoms with E-state index in [-0.39, 0.29) is 24.0 Å². The highest BCUT2D eigenvalue weighted by molar-refractivity contribution is 7.80. The van der Waals surface area contributed by atoms with Crippen molar-refractivity contribution in [2.24, 2.45) is 10.8 Å². The van der Waals surface area contributed by atoms with Crippen molar-refractivity contribution in [3.05, 3.63) is 71.5 Å². The standard InChI is InChI=1S/C20H20N6O3S/c1-28-19-9-14(10-22-24-20(21)30)7-8-18(19)29-13-16-11-26(25-23-16)12-17(27)15-5-3-2-4-6-15/h2-11H,12-13H2,1H3,(H3,21,24,30)/b22-10-. The summed E-state index contributed by atoms with van der Waals surface area (Å²) < 4.78 is 12.6. The molecular weight excluding hydrogens is 404 g/mol. The van der Waals surface area contributed by atoms with Gasteiger partial charge in [0.15, 0.2) is 22.4 Å². The zero-order chi connectivity index (χ0) is 21.3. The zero-order valence-electron chi connectivity index (χ0n) is 16.2. The summed E-state index contributed by atoms with van der Waals surface area (Å²) in [6.45, 7) is 0.279. The number of hydrogen-bond donors (Lipinski definition) is 2. The average Bonchev–Trinajstić information content (AvgIpc) is 3.20. The monoisotopic (exact) mass is 424 g/mol. The molecule has 0 saturated carbocycles. The van der Waals surface area contributed by atoms with Crippen LogP contribution in [0, 0.1) is 0 Å². The van der Waals surface area contributed by atoms with Gasteiger partial charge in [0.05, 0.1) is 19.5 Å². The third-order valence-corrected chi connectivity index (χ3v) is 4.03. The van der Waals surface area contributed by atoms with E-state index in [1.54, 1.807) is 49.9 Å². The van der Waals surface area contributed by atoms with Crippen LogP contribution < -0.4 is 20.6 Å². The van der Waals surface area contributed by atoms with Crippen LogP contribution in [0.5, 0.6) is 11.5 Å². The van der Waals surface area contributed by atoms with Crippen molar-refractivity contribution in [3.8, 4) is 11.5 Å². The van der Waals surface area contributed by atoms with Gasteiger partial charge in [0.1, 0.15) is 18.8 Å². The molecule has 3 aromatic rings. The van der Waals surface area contributed by atoms with E-state index in [0.717, 1.165) is 5.56 Å². The molecule has 0 bridgehead atoms. The first kappa shape index (κ1) is 20.9. The zero-order valence-corrected chi connectivity index (χ0v) is 17.0. The Morgan fingerprint density at radius 2 is 2.07 bits per heavy atom. The van der Waals surface area contributed by atoms with Gasteiger partial charge in [0.2, 0.25) is 0 Å². The van der Waals surface area contributed by atoms with Crippen LogP contribution in [0.15, 0.2) is 59.8 Å². The Kier molecular flexibility index (Phi) is 7.06. The van der Waals surface area contributed by atoms with Gasteiger partial charge in [-0.2, -0.15) is 5.10 Å². The molecule has 2 aromatic carbocycles. The summed E-state index contributed by atoms with van der Waals surface area (Å²) >= 11 is 4.69. The summed E-state index contributed by atoms with van der Waals surface area (Å²) in [6, 6.07) is 14.4. The summed E-state index contributed by atoms with van der Waals surface area (Å²) in [5, 5.41) is 12.0. The van der Waals surface area contributed by atoms with E-state index < -0.39 is 0 Å². The molecule has 0 atom stereocenters. The van der Waals surface area contributed by atoms with Crippen molar-refractivity contribution in [1.82, 2.24) is 20.4 Å². The second-order valence-corrected chi connectivity index (χ2v) is 6.57. The van der Waals surface area contributed by atoms with E-state index in [1.165, 1.54) is 4.68 Å². The van der Waals surface area contributed by atoms with Crippen LogP contribution in [-0.4, -0.2) is 39.2 Å². The number of nitrogens with two attached hydrogens (primary N) is 1. The largest absolute Gasteiger partial charge is 0.493 e. The molecule has 1 heterocycles. The lowest BCUT2D eigenvalue weighted by Crippen LogP contribution is -2.23. The van der Waals surface area contributed by atoms with Crippen molar-refractivity contribution >= 4 is 29.3 Å². The number of hydrogen-bond acceptors (Lipinski definition) is 7. The minimum Gasteiger partial charge on any atom is -0.493 e. The van der Waals surface area contributed by atoms with Gasteiger partial charge in [-0.25, -0.2) is 4.68 Å². The lowest BCUT2D eigenvalue weighted by molar-refractivity contribution is 0.0967. The summed E-state index contributed by atoms with van der Waals surface area (Å²) in [6.07, 6.45) is 3.23. The number of ketones is 1. The van der Waals surface area contributed by atoms with E-state index in [2.05, 4.69) is 33.1 Å². The Morgan fingerprint density at radius 1 is 1.27 bits per heavy atom. The predicted molar refractivity (Wildman–Crippen MR) is 116 cm³/mol. The molecule has 0 radical (unpaired) electrons. The number of ether oxygens (including phenoxy) is 2. The molecule has 0 fully saturated rings. The van der Waals surface area contributed by atoms with Crippen LogP contribution in [0.4, 0.5) is 0 Å². The highest BCUT2D eigenvalue weighted by Gasteiger charge is 2.10. The number of thiocarbonyl (C=S) groups is 1. The van der Waals surface area contributed by atoms with E-state index in [4.69, 9.17) is 15.2 Å². The molecule has 0 unspecified atom stereocenters. The molecule has 0 aliphatic rings. The number of methoxy groups -OCH3 is 1. The lowest BCUT2D eigenvalue weighted by Gasteiger charge is -2.10. The van der Waals surface area contributed by atoms with E-state index >= 15 is 0 Å². The van der Waals surface area contributed by atoms with Crippen molar-refractivity contribution < 1.29 is 14.3 Å². The molecule has 3 rings (SSSR count). The van der Waals surface area contributed by atoms with Crippen LogP contribution >= 0.6 is 12.2 Å². The molecule has 9 nitrogen and oxygen atoms in total. The number of Topliss-reactive ketones (excluding diaryl/α,β-unsaturated/α-hetero) is 1. The number of benzene rings is 2. The van der Waals surface area contributed by atoms with Crippen molar-refractivity contribution in [3.63, 3.8) is 0 Å². The van der Waals surface area contributed by atoms with Crippen molar-refractivity contribution in [2.75, 3.05) is 7.11 Å². The van der Waals surface area contributed by atoms with Gasteiger partial charge in [-0.05, 0) is 36.0 Å². The fourth-order valence-electron chi connectivity index (χ4n) is 2.55. The maximum Gasteiger partial charge on any atom is 0.184 e. The third kappa shape index (κ3) is 5.85. The maximum absolute atomic E-state index is 12.3. The van der Waals surface area contributed by atoms with E-state index in [1.807, 2.05) is 18.2 Å². The minimum atomic E-state index is -0.0446. The number of hydrazone groups is 1. The van der Waals surface area contributed by atoms with E-state index in [0.29, 0.717) is 22.8 Å². The average molecular weight is 424 g/mol. The molecule has 0 aliphatic heterocycles. The fraction of sp³-hybridized carbons (Fsp3) is 0.150. The normalized spacial score (nSPS) is 10.7. The molecule has 0 amide bonds. The first-order valence-corrected chi connectivity index (χ1v) is 9.32. The van der Waals surface area contributed by atoms with Crippen LogP contribution in [0.25, 0.3) is 0 Å². The highest BCUT2D eigenvalue weighted by atomic mass is 32.1. The van der Waals surface area contributed by atoms with Crippen LogP contribution in [-0.2, 0) is 13.2 Å². The molecule has 3 N–H and O–H groups in total. The third-order valence-electron chi connectivity index (χ3n) is 3.94. The summed E-state index contributed by atoms with van der Waals surface area (Å²) in [5.41, 5.74) is 9.79. The van der Waals surface area contributed by atoms with Crippen LogP contribution in [0.1, 0.15) is 21.6 Å². The Bertz CT molecular complexity index is 1050. The summed E-state index contributed by atoms with van der Waals surface area (Å²) in [7, 11) is 1.54. The Labute approximate surface area is 178 Å². The molecular formula is C20H20N6O3S. The Morgan fingerprint density at radius 3 is 2.80 bits per heavy atom. The summed E-state index contributed by atoms with van der Waals surface area (Å²) in [4.78, 5) is 12.3. The predicted octanol–water partition coefficient (Wildman–Crippen LogP) is 1.92. The number of carbonyl (C=O) groups excluding carboxylic acids is 1. The molecule has 10 heteroatoms. The van der Waals surface area contributed by atoms with Gasteiger partial charge in [0.25, 0.3) is 0 Å². The van der Waals surface area contributed by atoms with Crippen LogP contribution in [0.3, 0.4) is 0 Å². The smallest absolute Gasteiger partial charge is 0.184 e. The molecule has 0 spiro atoms. The number of rotatable bonds is 9. The van der Waals surface area contributed by atoms with Gasteiger partial charge in [-0.15, -0.1) is 5.10 Å². The van der Waals surface area contributed by atoms with Crippen LogP contribution in [0.2, 0.25) is 0 Å². The van der Waals surface area contributed by atoms with Gasteiger partial charge in [-0.3, -0.25) is 10.2 Å². The summed E-state index contributed by atoms with van der Waals surface area (Å²) in [5.74, 6) is 1.02. The van der Waals surface area contributed by atoms with Gasteiger partial charge < -0.3 is 15.2 Å². The Balaban J connectivity index is 1.59. The number of nitrogens with one attached hydrogen (secondary N) is 1. The molecule has 0 saturated heterocycles. The van der Waals surface area contributed by atoms with E-state index in [9.17, 15) is 4.79 Å². The fourth-order valence-corrected chi connectivity index (χ4v) is 2.60. The highest BCUT2D eigenvalue weighted by Crippen LogP contribution is 2.28. The van der Waals surface area contributed by atoms with Gasteiger partial charge >= 0.3 is 0 Å².